The Hall–Kier alpha value is -1.59. The zero-order chi connectivity index (χ0) is 14.6. The molecule has 108 valence electrons. The molecule has 0 aliphatic carbocycles. The first-order valence-corrected chi connectivity index (χ1v) is 6.61. The van der Waals surface area contributed by atoms with Gasteiger partial charge in [-0.05, 0) is 19.8 Å². The molecular formula is C13H22N2O4. The van der Waals surface area contributed by atoms with Crippen molar-refractivity contribution >= 4 is 17.8 Å². The van der Waals surface area contributed by atoms with E-state index in [1.165, 1.54) is 6.92 Å². The first-order valence-electron chi connectivity index (χ1n) is 6.61. The first kappa shape index (κ1) is 15.5. The Kier molecular flexibility index (Phi) is 4.91. The van der Waals surface area contributed by atoms with Gasteiger partial charge in [0.25, 0.3) is 0 Å². The predicted octanol–water partition coefficient (Wildman–Crippen LogP) is 0.614. The maximum absolute atomic E-state index is 12.1. The van der Waals surface area contributed by atoms with Gasteiger partial charge in [0.15, 0.2) is 0 Å². The van der Waals surface area contributed by atoms with Crippen molar-refractivity contribution in [1.82, 2.24) is 10.2 Å². The van der Waals surface area contributed by atoms with Gasteiger partial charge in [0, 0.05) is 20.0 Å². The Morgan fingerprint density at radius 2 is 2.05 bits per heavy atom. The molecule has 1 saturated heterocycles. The maximum atomic E-state index is 12.1. The van der Waals surface area contributed by atoms with Crippen LogP contribution in [0.4, 0.5) is 0 Å². The number of amides is 2. The number of carboxylic acid groups (broad SMARTS) is 1. The van der Waals surface area contributed by atoms with Crippen molar-refractivity contribution in [3.63, 3.8) is 0 Å². The summed E-state index contributed by atoms with van der Waals surface area (Å²) in [5, 5.41) is 11.9. The van der Waals surface area contributed by atoms with E-state index in [4.69, 9.17) is 0 Å². The van der Waals surface area contributed by atoms with E-state index in [9.17, 15) is 19.5 Å². The molecule has 1 aliphatic rings. The highest BCUT2D eigenvalue weighted by molar-refractivity contribution is 5.87. The summed E-state index contributed by atoms with van der Waals surface area (Å²) < 4.78 is 0. The zero-order valence-corrected chi connectivity index (χ0v) is 11.7. The van der Waals surface area contributed by atoms with Gasteiger partial charge in [0.1, 0.15) is 6.04 Å². The summed E-state index contributed by atoms with van der Waals surface area (Å²) in [7, 11) is 0. The molecule has 1 fully saturated rings. The predicted molar refractivity (Wildman–Crippen MR) is 69.5 cm³/mol. The summed E-state index contributed by atoms with van der Waals surface area (Å²) in [6.45, 7) is 5.58. The van der Waals surface area contributed by atoms with Gasteiger partial charge in [-0.15, -0.1) is 0 Å². The Morgan fingerprint density at radius 3 is 2.53 bits per heavy atom. The molecule has 0 aromatic carbocycles. The van der Waals surface area contributed by atoms with E-state index in [1.54, 1.807) is 11.8 Å². The topological polar surface area (TPSA) is 86.7 Å². The van der Waals surface area contributed by atoms with Crippen LogP contribution >= 0.6 is 0 Å². The van der Waals surface area contributed by atoms with E-state index < -0.39 is 17.4 Å². The number of carbonyl (C=O) groups excluding carboxylic acids is 2. The Balaban J connectivity index is 2.71. The van der Waals surface area contributed by atoms with Crippen LogP contribution in [0.1, 0.15) is 40.0 Å². The Labute approximate surface area is 113 Å². The third kappa shape index (κ3) is 3.45. The van der Waals surface area contributed by atoms with Crippen LogP contribution in [0.2, 0.25) is 0 Å². The van der Waals surface area contributed by atoms with Crippen LogP contribution in [0.15, 0.2) is 0 Å². The molecule has 0 aromatic rings. The number of nitrogens with one attached hydrogen (secondary N) is 1. The number of aliphatic carboxylic acids is 1. The third-order valence-electron chi connectivity index (χ3n) is 3.64. The summed E-state index contributed by atoms with van der Waals surface area (Å²) in [4.78, 5) is 36.0. The van der Waals surface area contributed by atoms with Crippen molar-refractivity contribution in [2.75, 3.05) is 13.1 Å². The Morgan fingerprint density at radius 1 is 1.42 bits per heavy atom. The van der Waals surface area contributed by atoms with E-state index in [2.05, 4.69) is 5.32 Å². The van der Waals surface area contributed by atoms with Gasteiger partial charge < -0.3 is 15.3 Å². The van der Waals surface area contributed by atoms with Crippen molar-refractivity contribution in [2.24, 2.45) is 5.41 Å². The lowest BCUT2D eigenvalue weighted by Crippen LogP contribution is -2.46. The minimum absolute atomic E-state index is 0.213. The van der Waals surface area contributed by atoms with Crippen LogP contribution in [0.5, 0.6) is 0 Å². The average molecular weight is 270 g/mol. The van der Waals surface area contributed by atoms with Crippen LogP contribution in [-0.2, 0) is 14.4 Å². The highest BCUT2D eigenvalue weighted by atomic mass is 16.4. The monoisotopic (exact) mass is 270 g/mol. The molecule has 19 heavy (non-hydrogen) atoms. The lowest BCUT2D eigenvalue weighted by molar-refractivity contribution is -0.149. The van der Waals surface area contributed by atoms with Crippen LogP contribution in [0.3, 0.4) is 0 Å². The van der Waals surface area contributed by atoms with Gasteiger partial charge >= 0.3 is 5.97 Å². The summed E-state index contributed by atoms with van der Waals surface area (Å²) in [6.07, 6.45) is 1.82. The van der Waals surface area contributed by atoms with Crippen molar-refractivity contribution in [3.05, 3.63) is 0 Å². The normalized spacial score (nSPS) is 24.1. The molecule has 0 radical (unpaired) electrons. The van der Waals surface area contributed by atoms with Gasteiger partial charge in [-0.1, -0.05) is 13.3 Å². The number of carbonyl (C=O) groups is 3. The number of rotatable bonds is 5. The molecule has 0 spiro atoms. The van der Waals surface area contributed by atoms with E-state index in [1.807, 2.05) is 6.92 Å². The zero-order valence-electron chi connectivity index (χ0n) is 11.7. The molecule has 0 saturated carbocycles. The molecule has 2 N–H and O–H groups in total. The van der Waals surface area contributed by atoms with E-state index >= 15 is 0 Å². The Bertz CT molecular complexity index is 383. The molecule has 2 amide bonds. The number of hydrogen-bond donors (Lipinski definition) is 2. The number of likely N-dealkylation sites (tertiary alicyclic amines) is 1. The van der Waals surface area contributed by atoms with E-state index in [-0.39, 0.29) is 18.4 Å². The second-order valence-electron chi connectivity index (χ2n) is 5.27. The second kappa shape index (κ2) is 6.04. The van der Waals surface area contributed by atoms with Crippen molar-refractivity contribution in [3.8, 4) is 0 Å². The third-order valence-corrected chi connectivity index (χ3v) is 3.64. The van der Waals surface area contributed by atoms with Crippen molar-refractivity contribution in [2.45, 2.75) is 46.1 Å². The summed E-state index contributed by atoms with van der Waals surface area (Å²) in [5.74, 6) is -1.32. The van der Waals surface area contributed by atoms with Crippen LogP contribution in [0, 0.1) is 5.41 Å². The van der Waals surface area contributed by atoms with Gasteiger partial charge in [-0.2, -0.15) is 0 Å². The van der Waals surface area contributed by atoms with Gasteiger partial charge in [0.2, 0.25) is 11.8 Å². The largest absolute Gasteiger partial charge is 0.481 e. The lowest BCUT2D eigenvalue weighted by atomic mass is 9.83. The van der Waals surface area contributed by atoms with Gasteiger partial charge in [-0.3, -0.25) is 14.4 Å². The minimum Gasteiger partial charge on any atom is -0.481 e. The molecule has 0 aromatic heterocycles. The van der Waals surface area contributed by atoms with Gasteiger partial charge in [-0.25, -0.2) is 0 Å². The lowest BCUT2D eigenvalue weighted by Gasteiger charge is -2.25. The highest BCUT2D eigenvalue weighted by Gasteiger charge is 2.45. The molecule has 1 rings (SSSR count). The second-order valence-corrected chi connectivity index (χ2v) is 5.27. The van der Waals surface area contributed by atoms with Crippen LogP contribution in [0.25, 0.3) is 0 Å². The number of hydrogen-bond acceptors (Lipinski definition) is 3. The highest BCUT2D eigenvalue weighted by Crippen LogP contribution is 2.35. The molecular weight excluding hydrogens is 248 g/mol. The quantitative estimate of drug-likeness (QED) is 0.766. The molecule has 0 bridgehead atoms. The fraction of sp³-hybridized carbons (Fsp3) is 0.769. The van der Waals surface area contributed by atoms with E-state index in [0.29, 0.717) is 19.4 Å². The number of nitrogens with zero attached hydrogens (tertiary/aromatic N) is 1. The molecule has 1 aliphatic heterocycles. The molecule has 6 nitrogen and oxygen atoms in total. The SMILES string of the molecule is CCCC1(C(=O)O)CCN(C(=O)C(C)NC(C)=O)C1. The standard InChI is InChI=1S/C13H22N2O4/c1-4-5-13(12(18)19)6-7-15(8-13)11(17)9(2)14-10(3)16/h9H,4-8H2,1-3H3,(H,14,16)(H,18,19). The molecule has 6 heteroatoms. The molecule has 2 atom stereocenters. The summed E-state index contributed by atoms with van der Waals surface area (Å²) >= 11 is 0. The minimum atomic E-state index is -0.836. The smallest absolute Gasteiger partial charge is 0.311 e. The summed E-state index contributed by atoms with van der Waals surface area (Å²) in [6, 6.07) is -0.608. The van der Waals surface area contributed by atoms with Crippen molar-refractivity contribution < 1.29 is 19.5 Å². The van der Waals surface area contributed by atoms with Crippen molar-refractivity contribution in [1.29, 1.82) is 0 Å². The van der Waals surface area contributed by atoms with Crippen LogP contribution in [-0.4, -0.2) is 46.9 Å². The fourth-order valence-electron chi connectivity index (χ4n) is 2.67. The number of carboxylic acids is 1. The fourth-order valence-corrected chi connectivity index (χ4v) is 2.67. The maximum Gasteiger partial charge on any atom is 0.311 e. The van der Waals surface area contributed by atoms with E-state index in [0.717, 1.165) is 6.42 Å². The average Bonchev–Trinajstić information content (AvgIpc) is 2.73. The van der Waals surface area contributed by atoms with Gasteiger partial charge in [0.05, 0.1) is 5.41 Å². The van der Waals surface area contributed by atoms with Crippen LogP contribution < -0.4 is 5.32 Å². The molecule has 1 heterocycles. The summed E-state index contributed by atoms with van der Waals surface area (Å²) in [5.41, 5.74) is -0.819. The first-order chi connectivity index (χ1) is 8.82. The molecule has 2 unspecified atom stereocenters.